The van der Waals surface area contributed by atoms with Gasteiger partial charge in [-0.3, -0.25) is 4.79 Å². The summed E-state index contributed by atoms with van der Waals surface area (Å²) in [6.45, 7) is 1.92. The van der Waals surface area contributed by atoms with Crippen LogP contribution in [0.4, 0.5) is 4.39 Å². The normalized spacial score (nSPS) is 14.1. The van der Waals surface area contributed by atoms with Gasteiger partial charge in [-0.05, 0) is 70.7 Å². The first-order valence-corrected chi connectivity index (χ1v) is 9.02. The van der Waals surface area contributed by atoms with Crippen molar-refractivity contribution in [1.29, 1.82) is 0 Å². The van der Waals surface area contributed by atoms with E-state index in [0.717, 1.165) is 27.8 Å². The van der Waals surface area contributed by atoms with Gasteiger partial charge in [0.1, 0.15) is 5.82 Å². The molecule has 0 aliphatic heterocycles. The van der Waals surface area contributed by atoms with Gasteiger partial charge >= 0.3 is 5.97 Å². The zero-order chi connectivity index (χ0) is 21.1. The summed E-state index contributed by atoms with van der Waals surface area (Å²) in [7, 11) is 6.00. The van der Waals surface area contributed by atoms with E-state index in [1.807, 2.05) is 25.1 Å². The molecule has 2 aromatic carbocycles. The minimum Gasteiger partial charge on any atom is -0.493 e. The predicted octanol–water partition coefficient (Wildman–Crippen LogP) is 4.74. The fourth-order valence-electron chi connectivity index (χ4n) is 3.55. The van der Waals surface area contributed by atoms with E-state index in [1.54, 1.807) is 27.4 Å². The second kappa shape index (κ2) is 8.39. The van der Waals surface area contributed by atoms with Gasteiger partial charge in [0.15, 0.2) is 11.5 Å². The van der Waals surface area contributed by atoms with Gasteiger partial charge in [-0.25, -0.2) is 4.39 Å². The summed E-state index contributed by atoms with van der Waals surface area (Å²) in [6, 6.07) is 8.26. The first-order valence-electron chi connectivity index (χ1n) is 9.02. The third-order valence-electron chi connectivity index (χ3n) is 5.00. The Hall–Kier alpha value is -3.28. The summed E-state index contributed by atoms with van der Waals surface area (Å²) in [5.41, 5.74) is 4.93. The van der Waals surface area contributed by atoms with Crippen LogP contribution in [0, 0.1) is 5.82 Å². The van der Waals surface area contributed by atoms with Gasteiger partial charge in [-0.15, -0.1) is 0 Å². The van der Waals surface area contributed by atoms with Gasteiger partial charge in [0.2, 0.25) is 5.75 Å². The number of fused-ring (bicyclic) bond motifs is 1. The van der Waals surface area contributed by atoms with E-state index in [4.69, 9.17) is 18.9 Å². The molecule has 0 fully saturated rings. The van der Waals surface area contributed by atoms with Crippen molar-refractivity contribution >= 4 is 23.2 Å². The SMILES string of the molecule is COC(=O)CC1=C(C)C(=Cc2cc(OC)c(OC)c(OC)c2)c2ccc(F)cc21. The van der Waals surface area contributed by atoms with Crippen LogP contribution in [0.25, 0.3) is 17.2 Å². The number of methoxy groups -OCH3 is 4. The summed E-state index contributed by atoms with van der Waals surface area (Å²) in [6.07, 6.45) is 2.03. The molecule has 0 saturated carbocycles. The topological polar surface area (TPSA) is 54.0 Å². The van der Waals surface area contributed by atoms with E-state index in [2.05, 4.69) is 0 Å². The number of allylic oxidation sites excluding steroid dienone is 2. The lowest BCUT2D eigenvalue weighted by molar-refractivity contribution is -0.139. The van der Waals surface area contributed by atoms with Crippen molar-refractivity contribution in [3.05, 3.63) is 58.4 Å². The van der Waals surface area contributed by atoms with Crippen LogP contribution in [0.3, 0.4) is 0 Å². The Morgan fingerprint density at radius 3 is 2.17 bits per heavy atom. The maximum atomic E-state index is 13.9. The van der Waals surface area contributed by atoms with Crippen molar-refractivity contribution in [2.75, 3.05) is 28.4 Å². The molecule has 0 saturated heterocycles. The Labute approximate surface area is 169 Å². The molecule has 1 aliphatic rings. The molecule has 0 unspecified atom stereocenters. The number of benzene rings is 2. The lowest BCUT2D eigenvalue weighted by atomic mass is 10.00. The predicted molar refractivity (Wildman–Crippen MR) is 110 cm³/mol. The molecule has 6 heteroatoms. The van der Waals surface area contributed by atoms with E-state index >= 15 is 0 Å². The Bertz CT molecular complexity index is 995. The first-order chi connectivity index (χ1) is 13.9. The van der Waals surface area contributed by atoms with Crippen molar-refractivity contribution < 1.29 is 28.1 Å². The maximum absolute atomic E-state index is 13.9. The Kier molecular flexibility index (Phi) is 5.92. The fraction of sp³-hybridized carbons (Fsp3) is 0.261. The van der Waals surface area contributed by atoms with Crippen LogP contribution in [-0.2, 0) is 9.53 Å². The monoisotopic (exact) mass is 398 g/mol. The molecule has 0 spiro atoms. The van der Waals surface area contributed by atoms with Gasteiger partial charge in [0.25, 0.3) is 0 Å². The highest BCUT2D eigenvalue weighted by Crippen LogP contribution is 2.45. The molecule has 2 aromatic rings. The number of carbonyl (C=O) groups is 1. The molecule has 1 aliphatic carbocycles. The molecule has 0 bridgehead atoms. The van der Waals surface area contributed by atoms with Crippen LogP contribution in [-0.4, -0.2) is 34.4 Å². The number of halogens is 1. The number of carbonyl (C=O) groups excluding carboxylic acids is 1. The summed E-state index contributed by atoms with van der Waals surface area (Å²) in [5.74, 6) is 0.848. The molecule has 0 radical (unpaired) electrons. The van der Waals surface area contributed by atoms with E-state index in [1.165, 1.54) is 19.2 Å². The van der Waals surface area contributed by atoms with Gasteiger partial charge in [-0.1, -0.05) is 6.07 Å². The van der Waals surface area contributed by atoms with Gasteiger partial charge < -0.3 is 18.9 Å². The van der Waals surface area contributed by atoms with Crippen LogP contribution in [0.5, 0.6) is 17.2 Å². The number of esters is 1. The summed E-state index contributed by atoms with van der Waals surface area (Å²) in [4.78, 5) is 11.9. The molecule has 0 N–H and O–H groups in total. The lowest BCUT2D eigenvalue weighted by Gasteiger charge is -2.13. The van der Waals surface area contributed by atoms with Crippen LogP contribution in [0.2, 0.25) is 0 Å². The molecule has 0 heterocycles. The Morgan fingerprint density at radius 1 is 0.966 bits per heavy atom. The molecule has 0 aromatic heterocycles. The van der Waals surface area contributed by atoms with Crippen LogP contribution in [0.1, 0.15) is 30.0 Å². The quantitative estimate of drug-likeness (QED) is 0.658. The lowest BCUT2D eigenvalue weighted by Crippen LogP contribution is -2.01. The van der Waals surface area contributed by atoms with Crippen molar-refractivity contribution in [3.63, 3.8) is 0 Å². The van der Waals surface area contributed by atoms with Gasteiger partial charge in [-0.2, -0.15) is 0 Å². The van der Waals surface area contributed by atoms with Gasteiger partial charge in [0, 0.05) is 0 Å². The number of hydrogen-bond acceptors (Lipinski definition) is 5. The van der Waals surface area contributed by atoms with Crippen molar-refractivity contribution in [1.82, 2.24) is 0 Å². The Balaban J connectivity index is 2.17. The highest BCUT2D eigenvalue weighted by atomic mass is 19.1. The molecule has 3 rings (SSSR count). The highest BCUT2D eigenvalue weighted by molar-refractivity contribution is 6.07. The standard InChI is InChI=1S/C23H23FO5/c1-13-17(8-14-9-20(26-2)23(29-5)21(10-14)27-3)16-7-6-15(24)11-19(16)18(13)12-22(25)28-4/h6-11H,12H2,1-5H3. The first kappa shape index (κ1) is 20.5. The summed E-state index contributed by atoms with van der Waals surface area (Å²) in [5, 5.41) is 0. The summed E-state index contributed by atoms with van der Waals surface area (Å²) >= 11 is 0. The van der Waals surface area contributed by atoms with E-state index in [0.29, 0.717) is 22.8 Å². The minimum absolute atomic E-state index is 0.0748. The van der Waals surface area contributed by atoms with Crippen LogP contribution in [0.15, 0.2) is 35.9 Å². The molecule has 0 amide bonds. The Morgan fingerprint density at radius 2 is 1.62 bits per heavy atom. The second-order valence-electron chi connectivity index (χ2n) is 6.56. The summed E-state index contributed by atoms with van der Waals surface area (Å²) < 4.78 is 35.0. The van der Waals surface area contributed by atoms with E-state index < -0.39 is 0 Å². The number of rotatable bonds is 6. The van der Waals surface area contributed by atoms with Crippen LogP contribution >= 0.6 is 0 Å². The molecule has 152 valence electrons. The average Bonchev–Trinajstić information content (AvgIpc) is 2.97. The maximum Gasteiger partial charge on any atom is 0.310 e. The van der Waals surface area contributed by atoms with Crippen molar-refractivity contribution in [2.24, 2.45) is 0 Å². The van der Waals surface area contributed by atoms with E-state index in [9.17, 15) is 9.18 Å². The molecular weight excluding hydrogens is 375 g/mol. The highest BCUT2D eigenvalue weighted by Gasteiger charge is 2.26. The fourth-order valence-corrected chi connectivity index (χ4v) is 3.55. The average molecular weight is 398 g/mol. The molecule has 0 atom stereocenters. The van der Waals surface area contributed by atoms with Gasteiger partial charge in [0.05, 0.1) is 34.9 Å². The third kappa shape index (κ3) is 3.83. The van der Waals surface area contributed by atoms with E-state index in [-0.39, 0.29) is 18.2 Å². The van der Waals surface area contributed by atoms with Crippen molar-refractivity contribution in [2.45, 2.75) is 13.3 Å². The molecular formula is C23H23FO5. The molecule has 5 nitrogen and oxygen atoms in total. The zero-order valence-electron chi connectivity index (χ0n) is 17.1. The largest absolute Gasteiger partial charge is 0.493 e. The smallest absolute Gasteiger partial charge is 0.310 e. The number of ether oxygens (including phenoxy) is 4. The minimum atomic E-state index is -0.372. The zero-order valence-corrected chi connectivity index (χ0v) is 17.1. The van der Waals surface area contributed by atoms with Crippen LogP contribution < -0.4 is 14.2 Å². The van der Waals surface area contributed by atoms with Crippen molar-refractivity contribution in [3.8, 4) is 17.2 Å². The second-order valence-corrected chi connectivity index (χ2v) is 6.56. The molecule has 29 heavy (non-hydrogen) atoms. The number of hydrogen-bond donors (Lipinski definition) is 0. The third-order valence-corrected chi connectivity index (χ3v) is 5.00.